The van der Waals surface area contributed by atoms with Gasteiger partial charge in [-0.25, -0.2) is 4.39 Å². The number of nitrogens with one attached hydrogen (secondary N) is 1. The highest BCUT2D eigenvalue weighted by molar-refractivity contribution is 5.34. The minimum atomic E-state index is -0.919. The van der Waals surface area contributed by atoms with Crippen LogP contribution in [0.1, 0.15) is 24.0 Å². The lowest BCUT2D eigenvalue weighted by Gasteiger charge is -2.33. The van der Waals surface area contributed by atoms with Crippen molar-refractivity contribution in [2.24, 2.45) is 0 Å². The molecular formula is C20H22FNO2. The van der Waals surface area contributed by atoms with E-state index in [0.717, 1.165) is 11.1 Å². The maximum Gasteiger partial charge on any atom is 0.222 e. The number of alkyl halides is 1. The molecule has 2 aromatic rings. The molecule has 2 aliphatic rings. The van der Waals surface area contributed by atoms with Crippen LogP contribution < -0.4 is 5.32 Å². The molecule has 0 radical (unpaired) electrons. The Morgan fingerprint density at radius 3 is 2.17 bits per heavy atom. The molecular weight excluding hydrogens is 305 g/mol. The Morgan fingerprint density at radius 2 is 1.58 bits per heavy atom. The van der Waals surface area contributed by atoms with Gasteiger partial charge in [0.2, 0.25) is 5.79 Å². The van der Waals surface area contributed by atoms with Crippen LogP contribution in [0, 0.1) is 0 Å². The molecule has 0 unspecified atom stereocenters. The molecule has 126 valence electrons. The van der Waals surface area contributed by atoms with E-state index in [-0.39, 0.29) is 12.1 Å². The predicted octanol–water partition coefficient (Wildman–Crippen LogP) is 3.39. The number of halogens is 1. The van der Waals surface area contributed by atoms with Crippen LogP contribution in [0.3, 0.4) is 0 Å². The van der Waals surface area contributed by atoms with Crippen LogP contribution in [0.25, 0.3) is 0 Å². The molecule has 3 nitrogen and oxygen atoms in total. The second kappa shape index (κ2) is 6.63. The number of rotatable bonds is 3. The van der Waals surface area contributed by atoms with E-state index in [1.165, 1.54) is 0 Å². The molecule has 0 aliphatic carbocycles. The highest BCUT2D eigenvalue weighted by atomic mass is 19.1. The second-order valence-corrected chi connectivity index (χ2v) is 6.50. The zero-order valence-corrected chi connectivity index (χ0v) is 13.5. The normalized spacial score (nSPS) is 29.5. The van der Waals surface area contributed by atoms with Gasteiger partial charge in [0.1, 0.15) is 12.3 Å². The number of hydrogen-bond acceptors (Lipinski definition) is 3. The van der Waals surface area contributed by atoms with Gasteiger partial charge in [0.05, 0.1) is 6.61 Å². The molecule has 2 fully saturated rings. The fourth-order valence-electron chi connectivity index (χ4n) is 3.65. The molecule has 0 bridgehead atoms. The van der Waals surface area contributed by atoms with Crippen LogP contribution in [0.5, 0.6) is 0 Å². The Hall–Kier alpha value is -1.75. The first-order valence-corrected chi connectivity index (χ1v) is 8.58. The third-order valence-corrected chi connectivity index (χ3v) is 4.90. The molecule has 2 heterocycles. The molecule has 4 rings (SSSR count). The summed E-state index contributed by atoms with van der Waals surface area (Å²) in [5, 5.41) is 3.39. The summed E-state index contributed by atoms with van der Waals surface area (Å²) < 4.78 is 26.5. The number of piperidine rings is 1. The van der Waals surface area contributed by atoms with Crippen LogP contribution in [-0.4, -0.2) is 31.5 Å². The minimum Gasteiger partial charge on any atom is -0.339 e. The number of ether oxygens (including phenoxy) is 2. The fourth-order valence-corrected chi connectivity index (χ4v) is 3.65. The highest BCUT2D eigenvalue weighted by Gasteiger charge is 2.47. The Balaban J connectivity index is 1.66. The Kier molecular flexibility index (Phi) is 4.35. The van der Waals surface area contributed by atoms with Crippen molar-refractivity contribution >= 4 is 0 Å². The van der Waals surface area contributed by atoms with E-state index in [1.54, 1.807) is 0 Å². The van der Waals surface area contributed by atoms with Gasteiger partial charge < -0.3 is 14.8 Å². The van der Waals surface area contributed by atoms with Crippen LogP contribution in [0.15, 0.2) is 60.7 Å². The molecule has 0 spiro atoms. The molecule has 0 saturated carbocycles. The van der Waals surface area contributed by atoms with Crippen molar-refractivity contribution in [2.75, 3.05) is 13.2 Å². The average molecular weight is 327 g/mol. The summed E-state index contributed by atoms with van der Waals surface area (Å²) in [4.78, 5) is 0. The van der Waals surface area contributed by atoms with E-state index in [2.05, 4.69) is 5.32 Å². The van der Waals surface area contributed by atoms with Gasteiger partial charge in [0.15, 0.2) is 0 Å². The van der Waals surface area contributed by atoms with Gasteiger partial charge in [0.25, 0.3) is 0 Å². The summed E-state index contributed by atoms with van der Waals surface area (Å²) >= 11 is 0. The zero-order chi connectivity index (χ0) is 16.4. The van der Waals surface area contributed by atoms with Gasteiger partial charge in [-0.3, -0.25) is 0 Å². The Bertz CT molecular complexity index is 624. The monoisotopic (exact) mass is 327 g/mol. The molecule has 2 aliphatic heterocycles. The lowest BCUT2D eigenvalue weighted by atomic mass is 9.96. The van der Waals surface area contributed by atoms with Crippen LogP contribution >= 0.6 is 0 Å². The summed E-state index contributed by atoms with van der Waals surface area (Å²) in [6.07, 6.45) is 0.132. The average Bonchev–Trinajstić information content (AvgIpc) is 3.10. The van der Waals surface area contributed by atoms with Crippen LogP contribution in [-0.2, 0) is 15.3 Å². The van der Waals surface area contributed by atoms with E-state index in [0.29, 0.717) is 26.0 Å². The first kappa shape index (κ1) is 15.8. The Labute approximate surface area is 141 Å². The van der Waals surface area contributed by atoms with Crippen molar-refractivity contribution in [1.29, 1.82) is 0 Å². The lowest BCUT2D eigenvalue weighted by molar-refractivity contribution is -0.147. The summed E-state index contributed by atoms with van der Waals surface area (Å²) in [5.74, 6) is -0.919. The lowest BCUT2D eigenvalue weighted by Crippen LogP contribution is -2.48. The van der Waals surface area contributed by atoms with Gasteiger partial charge in [-0.05, 0) is 19.4 Å². The number of benzene rings is 2. The van der Waals surface area contributed by atoms with Gasteiger partial charge in [-0.15, -0.1) is 0 Å². The second-order valence-electron chi connectivity index (χ2n) is 6.50. The Morgan fingerprint density at radius 1 is 0.958 bits per heavy atom. The van der Waals surface area contributed by atoms with Crippen molar-refractivity contribution in [3.05, 3.63) is 71.8 Å². The van der Waals surface area contributed by atoms with Crippen LogP contribution in [0.4, 0.5) is 4.39 Å². The van der Waals surface area contributed by atoms with E-state index in [4.69, 9.17) is 9.47 Å². The van der Waals surface area contributed by atoms with E-state index < -0.39 is 12.0 Å². The quantitative estimate of drug-likeness (QED) is 0.937. The highest BCUT2D eigenvalue weighted by Crippen LogP contribution is 2.41. The van der Waals surface area contributed by atoms with Gasteiger partial charge in [-0.2, -0.15) is 0 Å². The maximum absolute atomic E-state index is 13.8. The first-order chi connectivity index (χ1) is 11.8. The maximum atomic E-state index is 13.8. The standard InChI is InChI=1S/C20H22FNO2/c21-17-11-12-22-18(13-17)19-14-23-20(24-19,15-7-3-1-4-8-15)16-9-5-2-6-10-16/h1-10,17-19,22H,11-14H2/t17-,18-,19+/m0/s1. The van der Waals surface area contributed by atoms with Gasteiger partial charge >= 0.3 is 0 Å². The van der Waals surface area contributed by atoms with Crippen molar-refractivity contribution in [3.63, 3.8) is 0 Å². The molecule has 0 amide bonds. The van der Waals surface area contributed by atoms with Crippen molar-refractivity contribution in [1.82, 2.24) is 5.32 Å². The third-order valence-electron chi connectivity index (χ3n) is 4.90. The zero-order valence-electron chi connectivity index (χ0n) is 13.5. The number of hydrogen-bond donors (Lipinski definition) is 1. The van der Waals surface area contributed by atoms with Crippen molar-refractivity contribution in [3.8, 4) is 0 Å². The molecule has 3 atom stereocenters. The van der Waals surface area contributed by atoms with E-state index in [9.17, 15) is 4.39 Å². The summed E-state index contributed by atoms with van der Waals surface area (Å²) in [5.41, 5.74) is 1.93. The molecule has 24 heavy (non-hydrogen) atoms. The third kappa shape index (κ3) is 2.86. The molecule has 2 aromatic carbocycles. The molecule has 2 saturated heterocycles. The van der Waals surface area contributed by atoms with Gasteiger partial charge in [-0.1, -0.05) is 60.7 Å². The van der Waals surface area contributed by atoms with E-state index >= 15 is 0 Å². The largest absolute Gasteiger partial charge is 0.339 e. The minimum absolute atomic E-state index is 0.0111. The van der Waals surface area contributed by atoms with Crippen molar-refractivity contribution in [2.45, 2.75) is 36.9 Å². The summed E-state index contributed by atoms with van der Waals surface area (Å²) in [6, 6.07) is 19.9. The summed E-state index contributed by atoms with van der Waals surface area (Å²) in [6.45, 7) is 1.14. The predicted molar refractivity (Wildman–Crippen MR) is 90.4 cm³/mol. The molecule has 4 heteroatoms. The SMILES string of the molecule is F[C@H]1CCN[C@H]([C@H]2COC(c3ccccc3)(c3ccccc3)O2)C1. The van der Waals surface area contributed by atoms with E-state index in [1.807, 2.05) is 60.7 Å². The fraction of sp³-hybridized carbons (Fsp3) is 0.400. The topological polar surface area (TPSA) is 30.5 Å². The van der Waals surface area contributed by atoms with Crippen LogP contribution in [0.2, 0.25) is 0 Å². The summed E-state index contributed by atoms with van der Waals surface area (Å²) in [7, 11) is 0. The van der Waals surface area contributed by atoms with Crippen molar-refractivity contribution < 1.29 is 13.9 Å². The molecule has 0 aromatic heterocycles. The smallest absolute Gasteiger partial charge is 0.222 e. The molecule has 1 N–H and O–H groups in total. The van der Waals surface area contributed by atoms with Gasteiger partial charge in [0, 0.05) is 17.2 Å². The first-order valence-electron chi connectivity index (χ1n) is 8.58.